The predicted octanol–water partition coefficient (Wildman–Crippen LogP) is 2.12. The van der Waals surface area contributed by atoms with E-state index in [1.165, 1.54) is 0 Å². The fraction of sp³-hybridized carbons (Fsp3) is 0.579. The molecule has 130 valence electrons. The van der Waals surface area contributed by atoms with Gasteiger partial charge in [-0.3, -0.25) is 14.5 Å². The molecule has 2 fully saturated rings. The molecule has 0 radical (unpaired) electrons. The molecule has 1 aromatic rings. The Bertz CT molecular complexity index is 598. The third-order valence-corrected chi connectivity index (χ3v) is 5.48. The minimum Gasteiger partial charge on any atom is -0.480 e. The van der Waals surface area contributed by atoms with Crippen molar-refractivity contribution in [3.05, 3.63) is 35.9 Å². The number of aliphatic carboxylic acids is 1. The Labute approximate surface area is 143 Å². The van der Waals surface area contributed by atoms with E-state index in [1.54, 1.807) is 0 Å². The van der Waals surface area contributed by atoms with Gasteiger partial charge in [0, 0.05) is 19.1 Å². The summed E-state index contributed by atoms with van der Waals surface area (Å²) >= 11 is 0. The average Bonchev–Trinajstić information content (AvgIpc) is 3.39. The lowest BCUT2D eigenvalue weighted by molar-refractivity contribution is -0.138. The Hall–Kier alpha value is -1.88. The zero-order valence-corrected chi connectivity index (χ0v) is 14.3. The molecule has 1 N–H and O–H groups in total. The molecule has 24 heavy (non-hydrogen) atoms. The summed E-state index contributed by atoms with van der Waals surface area (Å²) < 4.78 is 0. The standard InChI is InChI=1S/C19H26N2O3/c1-20(14-17(22)23)16-8-5-12-21(13-9-16)18(24)19(10-11-19)15-6-3-2-4-7-15/h2-4,6-7,16H,5,8-14H2,1H3,(H,22,23). The molecule has 0 aromatic heterocycles. The highest BCUT2D eigenvalue weighted by molar-refractivity contribution is 5.91. The van der Waals surface area contributed by atoms with Crippen LogP contribution < -0.4 is 0 Å². The zero-order chi connectivity index (χ0) is 17.2. The van der Waals surface area contributed by atoms with E-state index in [4.69, 9.17) is 5.11 Å². The maximum Gasteiger partial charge on any atom is 0.317 e. The molecule has 0 spiro atoms. The second kappa shape index (κ2) is 6.93. The Balaban J connectivity index is 1.64. The van der Waals surface area contributed by atoms with Crippen molar-refractivity contribution in [3.8, 4) is 0 Å². The number of carbonyl (C=O) groups excluding carboxylic acids is 1. The van der Waals surface area contributed by atoms with Crippen LogP contribution in [0.2, 0.25) is 0 Å². The molecule has 1 aliphatic carbocycles. The van der Waals surface area contributed by atoms with E-state index in [1.807, 2.05) is 35.0 Å². The first-order valence-corrected chi connectivity index (χ1v) is 8.80. The van der Waals surface area contributed by atoms with Crippen LogP contribution in [0.25, 0.3) is 0 Å². The van der Waals surface area contributed by atoms with Gasteiger partial charge in [-0.25, -0.2) is 0 Å². The highest BCUT2D eigenvalue weighted by Gasteiger charge is 2.52. The van der Waals surface area contributed by atoms with E-state index >= 15 is 0 Å². The van der Waals surface area contributed by atoms with Gasteiger partial charge in [0.25, 0.3) is 0 Å². The van der Waals surface area contributed by atoms with Crippen molar-refractivity contribution in [3.63, 3.8) is 0 Å². The molecule has 1 saturated heterocycles. The van der Waals surface area contributed by atoms with Crippen LogP contribution in [0, 0.1) is 0 Å². The highest BCUT2D eigenvalue weighted by Crippen LogP contribution is 2.49. The number of hydrogen-bond donors (Lipinski definition) is 1. The molecular formula is C19H26N2O3. The molecular weight excluding hydrogens is 304 g/mol. The number of hydrogen-bond acceptors (Lipinski definition) is 3. The Kier molecular flexibility index (Phi) is 4.90. The lowest BCUT2D eigenvalue weighted by atomic mass is 9.94. The molecule has 2 aliphatic rings. The van der Waals surface area contributed by atoms with Gasteiger partial charge in [0.2, 0.25) is 5.91 Å². The van der Waals surface area contributed by atoms with E-state index in [-0.39, 0.29) is 23.9 Å². The molecule has 5 heteroatoms. The second-order valence-corrected chi connectivity index (χ2v) is 7.13. The number of likely N-dealkylation sites (N-methyl/N-ethyl adjacent to an activating group) is 1. The lowest BCUT2D eigenvalue weighted by Crippen LogP contribution is -2.41. The van der Waals surface area contributed by atoms with Crippen LogP contribution >= 0.6 is 0 Å². The Morgan fingerprint density at radius 3 is 2.54 bits per heavy atom. The summed E-state index contributed by atoms with van der Waals surface area (Å²) in [4.78, 5) is 27.9. The van der Waals surface area contributed by atoms with E-state index in [0.717, 1.165) is 50.8 Å². The summed E-state index contributed by atoms with van der Waals surface area (Å²) in [7, 11) is 1.86. The number of rotatable bonds is 5. The monoisotopic (exact) mass is 330 g/mol. The SMILES string of the molecule is CN(CC(=O)O)C1CCCN(C(=O)C2(c3ccccc3)CC2)CC1. The molecule has 5 nitrogen and oxygen atoms in total. The summed E-state index contributed by atoms with van der Waals surface area (Å²) in [6, 6.07) is 10.4. The molecule has 1 amide bonds. The van der Waals surface area contributed by atoms with Crippen LogP contribution in [0.15, 0.2) is 30.3 Å². The number of likely N-dealkylation sites (tertiary alicyclic amines) is 1. The second-order valence-electron chi connectivity index (χ2n) is 7.13. The molecule has 1 atom stereocenters. The molecule has 1 aliphatic heterocycles. The van der Waals surface area contributed by atoms with Gasteiger partial charge >= 0.3 is 5.97 Å². The van der Waals surface area contributed by atoms with Crippen LogP contribution in [-0.2, 0) is 15.0 Å². The normalized spacial score (nSPS) is 22.9. The third kappa shape index (κ3) is 3.46. The van der Waals surface area contributed by atoms with Crippen LogP contribution in [0.1, 0.15) is 37.7 Å². The maximum atomic E-state index is 13.1. The van der Waals surface area contributed by atoms with Crippen LogP contribution in [0.3, 0.4) is 0 Å². The van der Waals surface area contributed by atoms with E-state index in [2.05, 4.69) is 12.1 Å². The number of benzene rings is 1. The van der Waals surface area contributed by atoms with Crippen LogP contribution in [0.4, 0.5) is 0 Å². The number of carboxylic acids is 1. The van der Waals surface area contributed by atoms with Gasteiger partial charge in [0.05, 0.1) is 12.0 Å². The van der Waals surface area contributed by atoms with Gasteiger partial charge in [0.15, 0.2) is 0 Å². The number of nitrogens with zero attached hydrogens (tertiary/aromatic N) is 2. The van der Waals surface area contributed by atoms with E-state index in [0.29, 0.717) is 0 Å². The van der Waals surface area contributed by atoms with E-state index < -0.39 is 5.97 Å². The highest BCUT2D eigenvalue weighted by atomic mass is 16.4. The minimum absolute atomic E-state index is 0.0621. The van der Waals surface area contributed by atoms with Gasteiger partial charge in [-0.05, 0) is 44.7 Å². The van der Waals surface area contributed by atoms with Gasteiger partial charge in [-0.1, -0.05) is 30.3 Å². The molecule has 0 bridgehead atoms. The summed E-state index contributed by atoms with van der Waals surface area (Å²) in [6.07, 6.45) is 4.61. The first-order chi connectivity index (χ1) is 11.5. The third-order valence-electron chi connectivity index (χ3n) is 5.48. The molecule has 3 rings (SSSR count). The van der Waals surface area contributed by atoms with Crippen molar-refractivity contribution in [2.75, 3.05) is 26.7 Å². The Morgan fingerprint density at radius 2 is 1.92 bits per heavy atom. The lowest BCUT2D eigenvalue weighted by Gasteiger charge is -2.28. The van der Waals surface area contributed by atoms with Crippen molar-refractivity contribution in [2.24, 2.45) is 0 Å². The van der Waals surface area contributed by atoms with Crippen molar-refractivity contribution < 1.29 is 14.7 Å². The number of amides is 1. The molecule has 1 aromatic carbocycles. The van der Waals surface area contributed by atoms with Crippen LogP contribution in [-0.4, -0.2) is 59.5 Å². The fourth-order valence-corrected chi connectivity index (χ4v) is 3.88. The first-order valence-electron chi connectivity index (χ1n) is 8.80. The number of carbonyl (C=O) groups is 2. The topological polar surface area (TPSA) is 60.9 Å². The average molecular weight is 330 g/mol. The predicted molar refractivity (Wildman–Crippen MR) is 91.8 cm³/mol. The number of carboxylic acid groups (broad SMARTS) is 1. The first kappa shape index (κ1) is 17.0. The van der Waals surface area contributed by atoms with Crippen molar-refractivity contribution in [2.45, 2.75) is 43.6 Å². The summed E-state index contributed by atoms with van der Waals surface area (Å²) in [6.45, 7) is 1.57. The fourth-order valence-electron chi connectivity index (χ4n) is 3.88. The minimum atomic E-state index is -0.796. The van der Waals surface area contributed by atoms with E-state index in [9.17, 15) is 9.59 Å². The van der Waals surface area contributed by atoms with Gasteiger partial charge in [-0.15, -0.1) is 0 Å². The quantitative estimate of drug-likeness (QED) is 0.898. The van der Waals surface area contributed by atoms with Crippen LogP contribution in [0.5, 0.6) is 0 Å². The zero-order valence-electron chi connectivity index (χ0n) is 14.3. The summed E-state index contributed by atoms with van der Waals surface area (Å²) in [5, 5.41) is 8.96. The van der Waals surface area contributed by atoms with Gasteiger partial charge in [-0.2, -0.15) is 0 Å². The van der Waals surface area contributed by atoms with Crippen molar-refractivity contribution in [1.82, 2.24) is 9.80 Å². The van der Waals surface area contributed by atoms with Gasteiger partial charge in [0.1, 0.15) is 0 Å². The smallest absolute Gasteiger partial charge is 0.317 e. The van der Waals surface area contributed by atoms with Crippen molar-refractivity contribution >= 4 is 11.9 Å². The summed E-state index contributed by atoms with van der Waals surface area (Å²) in [5.41, 5.74) is 0.840. The molecule has 1 unspecified atom stereocenters. The maximum absolute atomic E-state index is 13.1. The molecule has 1 saturated carbocycles. The molecule has 1 heterocycles. The van der Waals surface area contributed by atoms with Crippen molar-refractivity contribution in [1.29, 1.82) is 0 Å². The Morgan fingerprint density at radius 1 is 1.21 bits per heavy atom. The summed E-state index contributed by atoms with van der Waals surface area (Å²) in [5.74, 6) is -0.536. The largest absolute Gasteiger partial charge is 0.480 e. The van der Waals surface area contributed by atoms with Gasteiger partial charge < -0.3 is 10.0 Å².